The molecule has 0 bridgehead atoms. The van der Waals surface area contributed by atoms with Crippen molar-refractivity contribution in [3.05, 3.63) is 23.0 Å². The summed E-state index contributed by atoms with van der Waals surface area (Å²) < 4.78 is 5.35. The summed E-state index contributed by atoms with van der Waals surface area (Å²) in [6.07, 6.45) is 2.77. The van der Waals surface area contributed by atoms with Gasteiger partial charge in [0, 0.05) is 63.6 Å². The molecule has 122 valence electrons. The van der Waals surface area contributed by atoms with Crippen LogP contribution in [-0.4, -0.2) is 78.3 Å². The molecule has 1 amide bonds. The number of aromatic amines is 1. The van der Waals surface area contributed by atoms with Gasteiger partial charge in [0.2, 0.25) is 0 Å². The molecule has 0 aliphatic carbocycles. The van der Waals surface area contributed by atoms with Crippen molar-refractivity contribution in [3.63, 3.8) is 0 Å². The molecule has 3 rings (SSSR count). The van der Waals surface area contributed by atoms with Crippen molar-refractivity contribution in [2.75, 3.05) is 52.5 Å². The highest BCUT2D eigenvalue weighted by Crippen LogP contribution is 2.22. The molecular formula is C16H25N3O3. The van der Waals surface area contributed by atoms with Crippen LogP contribution < -0.4 is 0 Å². The second-order valence-electron chi connectivity index (χ2n) is 6.29. The Hall–Kier alpha value is -1.37. The van der Waals surface area contributed by atoms with Gasteiger partial charge in [0.05, 0.1) is 18.8 Å². The van der Waals surface area contributed by atoms with E-state index in [-0.39, 0.29) is 18.4 Å². The Kier molecular flexibility index (Phi) is 4.81. The molecule has 1 saturated heterocycles. The highest BCUT2D eigenvalue weighted by molar-refractivity contribution is 5.97. The third kappa shape index (κ3) is 3.19. The number of H-pyrrole nitrogens is 1. The number of carbonyl (C=O) groups is 1. The summed E-state index contributed by atoms with van der Waals surface area (Å²) in [6.45, 7) is 7.58. The molecule has 1 atom stereocenters. The summed E-state index contributed by atoms with van der Waals surface area (Å²) in [6, 6.07) is 0. The van der Waals surface area contributed by atoms with Crippen LogP contribution in [0.4, 0.5) is 0 Å². The van der Waals surface area contributed by atoms with Gasteiger partial charge in [0.1, 0.15) is 0 Å². The van der Waals surface area contributed by atoms with Gasteiger partial charge in [-0.3, -0.25) is 9.69 Å². The predicted octanol–water partition coefficient (Wildman–Crippen LogP) is 0.262. The van der Waals surface area contributed by atoms with Crippen LogP contribution in [0.1, 0.15) is 21.6 Å². The van der Waals surface area contributed by atoms with Crippen LogP contribution in [0.3, 0.4) is 0 Å². The number of carbonyl (C=O) groups excluding carboxylic acids is 1. The average molecular weight is 307 g/mol. The summed E-state index contributed by atoms with van der Waals surface area (Å²) in [4.78, 5) is 20.0. The third-order valence-corrected chi connectivity index (χ3v) is 4.65. The van der Waals surface area contributed by atoms with Crippen LogP contribution in [-0.2, 0) is 11.2 Å². The maximum absolute atomic E-state index is 12.6. The minimum absolute atomic E-state index is 0.0976. The normalized spacial score (nSPS) is 21.0. The Morgan fingerprint density at radius 1 is 1.32 bits per heavy atom. The van der Waals surface area contributed by atoms with E-state index in [1.54, 1.807) is 0 Å². The number of aliphatic hydroxyl groups excluding tert-OH is 1. The zero-order valence-electron chi connectivity index (χ0n) is 13.2. The molecule has 0 saturated carbocycles. The highest BCUT2D eigenvalue weighted by atomic mass is 16.5. The summed E-state index contributed by atoms with van der Waals surface area (Å²) in [7, 11) is 0. The van der Waals surface area contributed by atoms with Crippen LogP contribution >= 0.6 is 0 Å². The fourth-order valence-electron chi connectivity index (χ4n) is 3.39. The van der Waals surface area contributed by atoms with E-state index >= 15 is 0 Å². The number of hydrogen-bond acceptors (Lipinski definition) is 4. The largest absolute Gasteiger partial charge is 0.396 e. The topological polar surface area (TPSA) is 68.8 Å². The molecule has 1 fully saturated rings. The maximum Gasteiger partial charge on any atom is 0.255 e. The quantitative estimate of drug-likeness (QED) is 0.819. The molecule has 0 aromatic carbocycles. The van der Waals surface area contributed by atoms with Gasteiger partial charge in [-0.2, -0.15) is 0 Å². The summed E-state index contributed by atoms with van der Waals surface area (Å²) in [5, 5.41) is 9.68. The van der Waals surface area contributed by atoms with Gasteiger partial charge >= 0.3 is 0 Å². The zero-order valence-corrected chi connectivity index (χ0v) is 13.2. The van der Waals surface area contributed by atoms with Crippen LogP contribution in [0, 0.1) is 12.8 Å². The number of aliphatic hydroxyl groups is 1. The van der Waals surface area contributed by atoms with Gasteiger partial charge in [-0.05, 0) is 12.5 Å². The lowest BCUT2D eigenvalue weighted by Crippen LogP contribution is -2.46. The fourth-order valence-corrected chi connectivity index (χ4v) is 3.39. The van der Waals surface area contributed by atoms with E-state index in [4.69, 9.17) is 4.74 Å². The number of nitrogens with one attached hydrogen (secondary N) is 1. The van der Waals surface area contributed by atoms with E-state index in [1.165, 1.54) is 0 Å². The van der Waals surface area contributed by atoms with E-state index in [9.17, 15) is 9.90 Å². The molecule has 2 N–H and O–H groups in total. The van der Waals surface area contributed by atoms with E-state index in [0.29, 0.717) is 6.54 Å². The number of aryl methyl sites for hydroxylation is 1. The maximum atomic E-state index is 12.6. The molecule has 1 aromatic rings. The molecule has 3 heterocycles. The van der Waals surface area contributed by atoms with Crippen molar-refractivity contribution in [1.29, 1.82) is 0 Å². The van der Waals surface area contributed by atoms with Crippen molar-refractivity contribution in [3.8, 4) is 0 Å². The number of hydrogen-bond donors (Lipinski definition) is 2. The minimum atomic E-state index is 0.0976. The van der Waals surface area contributed by atoms with Gasteiger partial charge in [0.15, 0.2) is 0 Å². The lowest BCUT2D eigenvalue weighted by Gasteiger charge is -2.34. The summed E-state index contributed by atoms with van der Waals surface area (Å²) in [5.74, 6) is 0.197. The molecule has 0 spiro atoms. The van der Waals surface area contributed by atoms with Crippen molar-refractivity contribution < 1.29 is 14.6 Å². The SMILES string of the molecule is Cc1c[nH]c2c1C(=O)N(CC(CO)CN1CCOCC1)CC2. The van der Waals surface area contributed by atoms with Crippen LogP contribution in [0.15, 0.2) is 6.20 Å². The van der Waals surface area contributed by atoms with Gasteiger partial charge in [-0.25, -0.2) is 0 Å². The van der Waals surface area contributed by atoms with E-state index < -0.39 is 0 Å². The number of fused-ring (bicyclic) bond motifs is 1. The minimum Gasteiger partial charge on any atom is -0.396 e. The van der Waals surface area contributed by atoms with Crippen molar-refractivity contribution in [2.24, 2.45) is 5.92 Å². The van der Waals surface area contributed by atoms with Gasteiger partial charge in [0.25, 0.3) is 5.91 Å². The Morgan fingerprint density at radius 2 is 2.09 bits per heavy atom. The monoisotopic (exact) mass is 307 g/mol. The Balaban J connectivity index is 1.61. The van der Waals surface area contributed by atoms with Gasteiger partial charge < -0.3 is 19.7 Å². The molecule has 6 heteroatoms. The fraction of sp³-hybridized carbons (Fsp3) is 0.688. The molecule has 2 aliphatic heterocycles. The van der Waals surface area contributed by atoms with E-state index in [2.05, 4.69) is 9.88 Å². The number of morpholine rings is 1. The first kappa shape index (κ1) is 15.5. The van der Waals surface area contributed by atoms with E-state index in [1.807, 2.05) is 18.0 Å². The van der Waals surface area contributed by atoms with E-state index in [0.717, 1.165) is 62.6 Å². The highest BCUT2D eigenvalue weighted by Gasteiger charge is 2.29. The zero-order chi connectivity index (χ0) is 15.5. The van der Waals surface area contributed by atoms with Crippen LogP contribution in [0.25, 0.3) is 0 Å². The molecule has 1 aromatic heterocycles. The molecule has 0 radical (unpaired) electrons. The second-order valence-corrected chi connectivity index (χ2v) is 6.29. The molecule has 2 aliphatic rings. The van der Waals surface area contributed by atoms with Crippen LogP contribution in [0.2, 0.25) is 0 Å². The number of ether oxygens (including phenoxy) is 1. The summed E-state index contributed by atoms with van der Waals surface area (Å²) in [5.41, 5.74) is 2.89. The number of aromatic nitrogens is 1. The molecular weight excluding hydrogens is 282 g/mol. The van der Waals surface area contributed by atoms with Gasteiger partial charge in [-0.15, -0.1) is 0 Å². The summed E-state index contributed by atoms with van der Waals surface area (Å²) >= 11 is 0. The first-order chi connectivity index (χ1) is 10.7. The number of nitrogens with zero attached hydrogens (tertiary/aromatic N) is 2. The second kappa shape index (κ2) is 6.81. The molecule has 1 unspecified atom stereocenters. The van der Waals surface area contributed by atoms with Crippen LogP contribution in [0.5, 0.6) is 0 Å². The lowest BCUT2D eigenvalue weighted by atomic mass is 10.0. The molecule has 6 nitrogen and oxygen atoms in total. The number of amides is 1. The first-order valence-corrected chi connectivity index (χ1v) is 8.06. The van der Waals surface area contributed by atoms with Crippen molar-refractivity contribution in [2.45, 2.75) is 13.3 Å². The van der Waals surface area contributed by atoms with Gasteiger partial charge in [-0.1, -0.05) is 0 Å². The first-order valence-electron chi connectivity index (χ1n) is 8.06. The third-order valence-electron chi connectivity index (χ3n) is 4.65. The Morgan fingerprint density at radius 3 is 2.82 bits per heavy atom. The Bertz CT molecular complexity index is 523. The Labute approximate surface area is 131 Å². The lowest BCUT2D eigenvalue weighted by molar-refractivity contribution is 0.0205. The predicted molar refractivity (Wildman–Crippen MR) is 83.0 cm³/mol. The standard InChI is InChI=1S/C16H25N3O3/c1-12-8-17-14-2-3-19(16(21)15(12)14)10-13(11-20)9-18-4-6-22-7-5-18/h8,13,17,20H,2-7,9-11H2,1H3. The smallest absolute Gasteiger partial charge is 0.255 e. The average Bonchev–Trinajstić information content (AvgIpc) is 2.92. The van der Waals surface area contributed by atoms with Crippen molar-refractivity contribution in [1.82, 2.24) is 14.8 Å². The number of rotatable bonds is 5. The molecule has 22 heavy (non-hydrogen) atoms. The van der Waals surface area contributed by atoms with Crippen molar-refractivity contribution >= 4 is 5.91 Å².